The van der Waals surface area contributed by atoms with Crippen LogP contribution in [0.4, 0.5) is 0 Å². The molecule has 0 saturated carbocycles. The van der Waals surface area contributed by atoms with E-state index in [0.717, 1.165) is 19.4 Å². The summed E-state index contributed by atoms with van der Waals surface area (Å²) in [6.45, 7) is 5.35. The van der Waals surface area contributed by atoms with Crippen molar-refractivity contribution in [2.75, 3.05) is 13.1 Å². The van der Waals surface area contributed by atoms with E-state index in [1.54, 1.807) is 0 Å². The first-order valence-electron chi connectivity index (χ1n) is 7.24. The van der Waals surface area contributed by atoms with E-state index in [-0.39, 0.29) is 11.8 Å². The van der Waals surface area contributed by atoms with Gasteiger partial charge in [0.2, 0.25) is 11.8 Å². The quantitative estimate of drug-likeness (QED) is 0.558. The van der Waals surface area contributed by atoms with Crippen LogP contribution in [-0.4, -0.2) is 24.9 Å². The molecule has 106 valence electrons. The molecule has 0 aromatic heterocycles. The minimum Gasteiger partial charge on any atom is -0.356 e. The van der Waals surface area contributed by atoms with Gasteiger partial charge in [-0.2, -0.15) is 0 Å². The molecule has 0 aromatic carbocycles. The van der Waals surface area contributed by atoms with Gasteiger partial charge in [-0.1, -0.05) is 39.5 Å². The summed E-state index contributed by atoms with van der Waals surface area (Å²) in [4.78, 5) is 22.6. The van der Waals surface area contributed by atoms with Gasteiger partial charge in [0.1, 0.15) is 0 Å². The lowest BCUT2D eigenvalue weighted by Crippen LogP contribution is -2.31. The Balaban J connectivity index is 3.30. The van der Waals surface area contributed by atoms with Crippen molar-refractivity contribution in [1.29, 1.82) is 0 Å². The van der Waals surface area contributed by atoms with Gasteiger partial charge in [-0.25, -0.2) is 0 Å². The minimum atomic E-state index is 0.0299. The van der Waals surface area contributed by atoms with Crippen molar-refractivity contribution in [3.05, 3.63) is 0 Å². The van der Waals surface area contributed by atoms with E-state index in [2.05, 4.69) is 17.6 Å². The highest BCUT2D eigenvalue weighted by Crippen LogP contribution is 2.01. The predicted octanol–water partition coefficient (Wildman–Crippen LogP) is 2.38. The molecule has 0 heterocycles. The zero-order valence-corrected chi connectivity index (χ0v) is 11.9. The molecule has 0 atom stereocenters. The molecule has 0 rings (SSSR count). The van der Waals surface area contributed by atoms with Crippen LogP contribution in [0.15, 0.2) is 0 Å². The molecule has 4 heteroatoms. The van der Waals surface area contributed by atoms with E-state index < -0.39 is 0 Å². The highest BCUT2D eigenvalue weighted by Gasteiger charge is 2.02. The topological polar surface area (TPSA) is 58.2 Å². The first-order chi connectivity index (χ1) is 8.70. The zero-order chi connectivity index (χ0) is 13.6. The van der Waals surface area contributed by atoms with Crippen molar-refractivity contribution in [2.45, 2.75) is 65.2 Å². The lowest BCUT2D eigenvalue weighted by molar-refractivity contribution is -0.122. The van der Waals surface area contributed by atoms with E-state index in [9.17, 15) is 9.59 Å². The fraction of sp³-hybridized carbons (Fsp3) is 0.857. The number of rotatable bonds is 11. The van der Waals surface area contributed by atoms with Crippen LogP contribution in [0.25, 0.3) is 0 Å². The summed E-state index contributed by atoms with van der Waals surface area (Å²) in [5.74, 6) is 0.0622. The monoisotopic (exact) mass is 256 g/mol. The fourth-order valence-electron chi connectivity index (χ4n) is 1.68. The Morgan fingerprint density at radius 2 is 1.33 bits per heavy atom. The molecule has 0 aliphatic carbocycles. The first-order valence-corrected chi connectivity index (χ1v) is 7.24. The zero-order valence-electron chi connectivity index (χ0n) is 11.9. The molecule has 4 nitrogen and oxygen atoms in total. The van der Waals surface area contributed by atoms with Crippen molar-refractivity contribution in [2.24, 2.45) is 0 Å². The van der Waals surface area contributed by atoms with Crippen molar-refractivity contribution >= 4 is 11.8 Å². The van der Waals surface area contributed by atoms with Gasteiger partial charge >= 0.3 is 0 Å². The second-order valence-electron chi connectivity index (χ2n) is 4.61. The van der Waals surface area contributed by atoms with Crippen LogP contribution in [-0.2, 0) is 9.59 Å². The maximum atomic E-state index is 11.4. The summed E-state index contributed by atoms with van der Waals surface area (Å²) >= 11 is 0. The Kier molecular flexibility index (Phi) is 11.7. The maximum absolute atomic E-state index is 11.4. The highest BCUT2D eigenvalue weighted by atomic mass is 16.2. The number of nitrogens with one attached hydrogen (secondary N) is 2. The third kappa shape index (κ3) is 11.4. The maximum Gasteiger partial charge on any atom is 0.221 e. The summed E-state index contributed by atoms with van der Waals surface area (Å²) in [5.41, 5.74) is 0. The van der Waals surface area contributed by atoms with Gasteiger partial charge in [0, 0.05) is 25.9 Å². The van der Waals surface area contributed by atoms with Crippen molar-refractivity contribution in [1.82, 2.24) is 10.6 Å². The third-order valence-electron chi connectivity index (χ3n) is 2.75. The standard InChI is InChI=1S/C14H28N2O2/c1-3-5-6-7-8-11-15-14(18)10-12-16-13(17)9-4-2/h3-12H2,1-2H3,(H,15,18)(H,16,17). The van der Waals surface area contributed by atoms with Gasteiger partial charge in [-0.05, 0) is 12.8 Å². The minimum absolute atomic E-state index is 0.0299. The summed E-state index contributed by atoms with van der Waals surface area (Å²) < 4.78 is 0. The Labute approximate surface area is 111 Å². The Morgan fingerprint density at radius 1 is 0.722 bits per heavy atom. The molecule has 0 saturated heterocycles. The largest absolute Gasteiger partial charge is 0.356 e. The molecule has 0 fully saturated rings. The van der Waals surface area contributed by atoms with Crippen LogP contribution < -0.4 is 10.6 Å². The van der Waals surface area contributed by atoms with Crippen molar-refractivity contribution in [3.8, 4) is 0 Å². The van der Waals surface area contributed by atoms with Gasteiger partial charge in [0.25, 0.3) is 0 Å². The second-order valence-corrected chi connectivity index (χ2v) is 4.61. The smallest absolute Gasteiger partial charge is 0.221 e. The Morgan fingerprint density at radius 3 is 2.00 bits per heavy atom. The average Bonchev–Trinajstić information content (AvgIpc) is 2.34. The van der Waals surface area contributed by atoms with Crippen LogP contribution in [0.2, 0.25) is 0 Å². The van der Waals surface area contributed by atoms with E-state index in [1.165, 1.54) is 25.7 Å². The van der Waals surface area contributed by atoms with Gasteiger partial charge < -0.3 is 10.6 Å². The first kappa shape index (κ1) is 16.9. The molecule has 0 aliphatic rings. The van der Waals surface area contributed by atoms with Crippen LogP contribution in [0.5, 0.6) is 0 Å². The highest BCUT2D eigenvalue weighted by molar-refractivity contribution is 5.78. The SMILES string of the molecule is CCCCCCCNC(=O)CCNC(=O)CCC. The van der Waals surface area contributed by atoms with Crippen LogP contribution in [0, 0.1) is 0 Å². The van der Waals surface area contributed by atoms with E-state index in [4.69, 9.17) is 0 Å². The molecule has 18 heavy (non-hydrogen) atoms. The Hall–Kier alpha value is -1.06. The summed E-state index contributed by atoms with van der Waals surface area (Å²) in [7, 11) is 0. The summed E-state index contributed by atoms with van der Waals surface area (Å²) in [6, 6.07) is 0. The molecular weight excluding hydrogens is 228 g/mol. The lowest BCUT2D eigenvalue weighted by atomic mass is 10.1. The molecule has 2 N–H and O–H groups in total. The third-order valence-corrected chi connectivity index (χ3v) is 2.75. The number of hydrogen-bond donors (Lipinski definition) is 2. The van der Waals surface area contributed by atoms with E-state index in [1.807, 2.05) is 6.92 Å². The summed E-state index contributed by atoms with van der Waals surface area (Å²) in [6.07, 6.45) is 7.76. The molecule has 0 radical (unpaired) electrons. The van der Waals surface area contributed by atoms with Gasteiger partial charge in [0.05, 0.1) is 0 Å². The number of unbranched alkanes of at least 4 members (excludes halogenated alkanes) is 4. The lowest BCUT2D eigenvalue weighted by Gasteiger charge is -2.06. The van der Waals surface area contributed by atoms with Gasteiger partial charge in [0.15, 0.2) is 0 Å². The fourth-order valence-corrected chi connectivity index (χ4v) is 1.68. The van der Waals surface area contributed by atoms with Gasteiger partial charge in [-0.15, -0.1) is 0 Å². The predicted molar refractivity (Wildman–Crippen MR) is 74.3 cm³/mol. The van der Waals surface area contributed by atoms with Crippen LogP contribution in [0.1, 0.15) is 65.2 Å². The van der Waals surface area contributed by atoms with E-state index >= 15 is 0 Å². The molecule has 0 spiro atoms. The normalized spacial score (nSPS) is 10.1. The number of carbonyl (C=O) groups is 2. The number of amides is 2. The molecule has 0 aromatic rings. The second kappa shape index (κ2) is 12.4. The Bertz CT molecular complexity index is 230. The van der Waals surface area contributed by atoms with Crippen molar-refractivity contribution in [3.63, 3.8) is 0 Å². The van der Waals surface area contributed by atoms with E-state index in [0.29, 0.717) is 19.4 Å². The number of hydrogen-bond acceptors (Lipinski definition) is 2. The molecular formula is C14H28N2O2. The molecule has 0 bridgehead atoms. The average molecular weight is 256 g/mol. The number of carbonyl (C=O) groups excluding carboxylic acids is 2. The van der Waals surface area contributed by atoms with Crippen LogP contribution >= 0.6 is 0 Å². The van der Waals surface area contributed by atoms with Gasteiger partial charge in [-0.3, -0.25) is 9.59 Å². The van der Waals surface area contributed by atoms with Crippen molar-refractivity contribution < 1.29 is 9.59 Å². The summed E-state index contributed by atoms with van der Waals surface area (Å²) in [5, 5.41) is 5.61. The van der Waals surface area contributed by atoms with Crippen LogP contribution in [0.3, 0.4) is 0 Å². The molecule has 0 aliphatic heterocycles. The molecule has 0 unspecified atom stereocenters. The molecule has 2 amide bonds.